The largest absolute Gasteiger partial charge is 0.466 e. The zero-order chi connectivity index (χ0) is 33.3. The highest BCUT2D eigenvalue weighted by Gasteiger charge is 2.41. The number of rotatable bonds is 7. The van der Waals surface area contributed by atoms with E-state index >= 15 is 0 Å². The average Bonchev–Trinajstić information content (AvgIpc) is 3.69. The maximum atomic E-state index is 14.0. The fourth-order valence-electron chi connectivity index (χ4n) is 5.83. The lowest BCUT2D eigenvalue weighted by molar-refractivity contribution is -0.136. The molecule has 0 spiro atoms. The van der Waals surface area contributed by atoms with E-state index in [4.69, 9.17) is 21.3 Å². The van der Waals surface area contributed by atoms with Crippen LogP contribution in [0.1, 0.15) is 22.2 Å². The third kappa shape index (κ3) is 7.03. The van der Waals surface area contributed by atoms with Crippen molar-refractivity contribution in [2.45, 2.75) is 17.0 Å². The second-order valence-corrected chi connectivity index (χ2v) is 14.6. The maximum Gasteiger partial charge on any atom is 0.338 e. The van der Waals surface area contributed by atoms with E-state index in [9.17, 15) is 22.4 Å². The Kier molecular flexibility index (Phi) is 9.34. The molecule has 3 aliphatic rings. The molecule has 47 heavy (non-hydrogen) atoms. The quantitative estimate of drug-likeness (QED) is 0.295. The molecule has 3 aliphatic heterocycles. The first-order chi connectivity index (χ1) is 22.5. The van der Waals surface area contributed by atoms with Crippen molar-refractivity contribution in [1.29, 1.82) is 0 Å². The molecule has 11 nitrogen and oxygen atoms in total. The summed E-state index contributed by atoms with van der Waals surface area (Å²) in [5, 5.41) is 5.87. The summed E-state index contributed by atoms with van der Waals surface area (Å²) in [6.07, 6.45) is 2.81. The zero-order valence-corrected chi connectivity index (χ0v) is 27.8. The third-order valence-corrected chi connectivity index (χ3v) is 10.3. The number of hydrogen-bond donors (Lipinski definition) is 1. The van der Waals surface area contributed by atoms with Crippen LogP contribution in [0.15, 0.2) is 75.2 Å². The fraction of sp³-hybridized carbons (Fsp3) is 0.312. The van der Waals surface area contributed by atoms with Crippen molar-refractivity contribution in [2.24, 2.45) is 4.99 Å². The van der Waals surface area contributed by atoms with Gasteiger partial charge in [0.1, 0.15) is 11.9 Å². The van der Waals surface area contributed by atoms with Crippen molar-refractivity contribution in [3.63, 3.8) is 0 Å². The Hall–Kier alpha value is -4.29. The lowest BCUT2D eigenvalue weighted by atomic mass is 9.95. The number of nitrogens with zero attached hydrogens (tertiary/aromatic N) is 5. The van der Waals surface area contributed by atoms with E-state index in [0.29, 0.717) is 60.4 Å². The fourth-order valence-corrected chi connectivity index (χ4v) is 7.32. The lowest BCUT2D eigenvalue weighted by Gasteiger charge is -2.38. The van der Waals surface area contributed by atoms with Crippen molar-refractivity contribution >= 4 is 50.6 Å². The molecule has 15 heteroatoms. The molecule has 4 heterocycles. The molecule has 2 unspecified atom stereocenters. The third-order valence-electron chi connectivity index (χ3n) is 8.10. The molecular weight excluding hydrogens is 667 g/mol. The molecule has 1 N–H and O–H groups in total. The van der Waals surface area contributed by atoms with Crippen molar-refractivity contribution < 1.29 is 27.1 Å². The molecule has 1 aromatic heterocycles. The van der Waals surface area contributed by atoms with E-state index < -0.39 is 27.7 Å². The van der Waals surface area contributed by atoms with Crippen LogP contribution in [0.25, 0.3) is 0 Å². The SMILES string of the molecule is COC(=O)C1=C(CN2CCN3C(=O)N(CC#Cc4ccc(S(C)(=O)=O)cc4)CC3C2)NC(c2nccs2)=NC1c1ccc(F)cc1Cl. The summed E-state index contributed by atoms with van der Waals surface area (Å²) < 4.78 is 42.6. The Morgan fingerprint density at radius 3 is 2.66 bits per heavy atom. The van der Waals surface area contributed by atoms with Gasteiger partial charge in [0.15, 0.2) is 20.7 Å². The van der Waals surface area contributed by atoms with Crippen LogP contribution in [0.4, 0.5) is 9.18 Å². The number of hydrogen-bond acceptors (Lipinski definition) is 10. The molecule has 2 fully saturated rings. The number of esters is 1. The number of fused-ring (bicyclic) bond motifs is 1. The predicted molar refractivity (Wildman–Crippen MR) is 175 cm³/mol. The van der Waals surface area contributed by atoms with E-state index in [0.717, 1.165) is 6.26 Å². The van der Waals surface area contributed by atoms with Gasteiger partial charge < -0.3 is 19.9 Å². The Labute approximate surface area is 280 Å². The number of sulfone groups is 1. The number of halogens is 2. The second kappa shape index (κ2) is 13.4. The van der Waals surface area contributed by atoms with E-state index in [1.165, 1.54) is 48.8 Å². The van der Waals surface area contributed by atoms with Gasteiger partial charge >= 0.3 is 12.0 Å². The number of piperazine rings is 1. The molecule has 0 saturated carbocycles. The normalized spacial score (nSPS) is 19.9. The van der Waals surface area contributed by atoms with Gasteiger partial charge in [-0.3, -0.25) is 9.89 Å². The minimum absolute atomic E-state index is 0.0905. The van der Waals surface area contributed by atoms with Gasteiger partial charge in [-0.05, 0) is 36.4 Å². The molecule has 0 aliphatic carbocycles. The number of methoxy groups -OCH3 is 1. The summed E-state index contributed by atoms with van der Waals surface area (Å²) in [5.41, 5.74) is 1.93. The highest BCUT2D eigenvalue weighted by atomic mass is 35.5. The van der Waals surface area contributed by atoms with E-state index in [1.54, 1.807) is 23.2 Å². The van der Waals surface area contributed by atoms with Gasteiger partial charge in [0.2, 0.25) is 0 Å². The average molecular weight is 697 g/mol. The smallest absolute Gasteiger partial charge is 0.338 e. The molecule has 2 amide bonds. The number of amides is 2. The number of aromatic nitrogens is 1. The van der Waals surface area contributed by atoms with Gasteiger partial charge in [-0.15, -0.1) is 11.3 Å². The van der Waals surface area contributed by atoms with Crippen LogP contribution in [0.3, 0.4) is 0 Å². The van der Waals surface area contributed by atoms with Gasteiger partial charge in [-0.2, -0.15) is 0 Å². The number of thiazole rings is 1. The second-order valence-electron chi connectivity index (χ2n) is 11.2. The first kappa shape index (κ1) is 32.6. The number of ether oxygens (including phenoxy) is 1. The predicted octanol–water partition coefficient (Wildman–Crippen LogP) is 3.33. The topological polar surface area (TPSA) is 125 Å². The van der Waals surface area contributed by atoms with Crippen LogP contribution in [0.5, 0.6) is 0 Å². The number of nitrogens with one attached hydrogen (secondary N) is 1. The molecule has 244 valence electrons. The minimum Gasteiger partial charge on any atom is -0.466 e. The summed E-state index contributed by atoms with van der Waals surface area (Å²) in [6, 6.07) is 9.25. The van der Waals surface area contributed by atoms with Crippen LogP contribution in [-0.4, -0.2) is 105 Å². The standard InChI is InChI=1S/C32H30ClFN6O5S2/c1-45-31(41)27-26(36-29(30-35-11-15-46-30)37-28(27)24-10-7-21(34)16-25(24)33)19-38-13-14-40-22(17-38)18-39(32(40)42)12-3-4-20-5-8-23(9-6-20)47(2,43)44/h5-11,15-16,22,28H,12-14,17-19H2,1-2H3,(H,36,37). The highest BCUT2D eigenvalue weighted by molar-refractivity contribution is 7.90. The van der Waals surface area contributed by atoms with Crippen LogP contribution in [0.2, 0.25) is 5.02 Å². The molecule has 0 radical (unpaired) electrons. The Bertz CT molecular complexity index is 1940. The van der Waals surface area contributed by atoms with Crippen LogP contribution < -0.4 is 5.32 Å². The van der Waals surface area contributed by atoms with Gasteiger partial charge in [0.05, 0.1) is 30.2 Å². The number of aliphatic imine (C=N–C) groups is 1. The number of carbonyl (C=O) groups excluding carboxylic acids is 2. The Balaban J connectivity index is 1.20. The van der Waals surface area contributed by atoms with E-state index in [-0.39, 0.29) is 34.1 Å². The van der Waals surface area contributed by atoms with Gasteiger partial charge in [0, 0.05) is 72.4 Å². The molecule has 0 bridgehead atoms. The molecule has 3 aromatic rings. The van der Waals surface area contributed by atoms with Gasteiger partial charge in [-0.1, -0.05) is 29.5 Å². The molecule has 2 aromatic carbocycles. The Morgan fingerprint density at radius 1 is 1.19 bits per heavy atom. The summed E-state index contributed by atoms with van der Waals surface area (Å²) in [7, 11) is -2.00. The lowest BCUT2D eigenvalue weighted by Crippen LogP contribution is -2.53. The summed E-state index contributed by atoms with van der Waals surface area (Å²) >= 11 is 7.85. The zero-order valence-electron chi connectivity index (χ0n) is 25.4. The number of carbonyl (C=O) groups is 2. The highest BCUT2D eigenvalue weighted by Crippen LogP contribution is 2.37. The number of benzene rings is 2. The maximum absolute atomic E-state index is 14.0. The summed E-state index contributed by atoms with van der Waals surface area (Å²) in [6.45, 7) is 2.63. The van der Waals surface area contributed by atoms with Crippen molar-refractivity contribution in [1.82, 2.24) is 25.0 Å². The van der Waals surface area contributed by atoms with Crippen molar-refractivity contribution in [3.8, 4) is 11.8 Å². The van der Waals surface area contributed by atoms with Gasteiger partial charge in [-0.25, -0.2) is 27.4 Å². The number of amidine groups is 1. The number of urea groups is 1. The molecule has 2 atom stereocenters. The molecule has 2 saturated heterocycles. The van der Waals surface area contributed by atoms with Crippen LogP contribution in [-0.2, 0) is 19.4 Å². The van der Waals surface area contributed by atoms with Crippen molar-refractivity contribution in [2.75, 3.05) is 52.6 Å². The Morgan fingerprint density at radius 2 is 1.98 bits per heavy atom. The minimum atomic E-state index is -3.29. The first-order valence-corrected chi connectivity index (χ1v) is 17.7. The summed E-state index contributed by atoms with van der Waals surface area (Å²) in [4.78, 5) is 41.6. The van der Waals surface area contributed by atoms with Crippen LogP contribution >= 0.6 is 22.9 Å². The molecular formula is C32H30ClFN6O5S2. The van der Waals surface area contributed by atoms with Crippen molar-refractivity contribution in [3.05, 3.63) is 92.3 Å². The van der Waals surface area contributed by atoms with E-state index in [1.807, 2.05) is 10.3 Å². The summed E-state index contributed by atoms with van der Waals surface area (Å²) in [5.74, 6) is 5.40. The van der Waals surface area contributed by atoms with Crippen LogP contribution in [0, 0.1) is 17.7 Å². The monoisotopic (exact) mass is 696 g/mol. The molecule has 6 rings (SSSR count). The van der Waals surface area contributed by atoms with Gasteiger partial charge in [0.25, 0.3) is 0 Å². The van der Waals surface area contributed by atoms with E-state index in [2.05, 4.69) is 27.0 Å². The first-order valence-electron chi connectivity index (χ1n) is 14.6.